The van der Waals surface area contributed by atoms with Crippen LogP contribution in [0.5, 0.6) is 0 Å². The molecular formula is C7H4BClN2. The molecule has 2 nitrogen and oxygen atoms in total. The smallest absolute Gasteiger partial charge is 0.114 e. The van der Waals surface area contributed by atoms with Gasteiger partial charge < -0.3 is 0 Å². The first kappa shape index (κ1) is 6.74. The maximum atomic E-state index is 5.75. The summed E-state index contributed by atoms with van der Waals surface area (Å²) < 4.78 is 0. The largest absolute Gasteiger partial charge is 0.278 e. The lowest BCUT2D eigenvalue weighted by Gasteiger charge is -1.95. The van der Waals surface area contributed by atoms with Crippen molar-refractivity contribution < 1.29 is 0 Å². The summed E-state index contributed by atoms with van der Waals surface area (Å²) in [7, 11) is 5.66. The Morgan fingerprint density at radius 1 is 1.45 bits per heavy atom. The van der Waals surface area contributed by atoms with Crippen LogP contribution in [0.25, 0.3) is 10.9 Å². The number of halogens is 1. The van der Waals surface area contributed by atoms with E-state index in [-0.39, 0.29) is 0 Å². The van der Waals surface area contributed by atoms with E-state index < -0.39 is 0 Å². The van der Waals surface area contributed by atoms with Crippen LogP contribution < -0.4 is 5.46 Å². The average molecular weight is 162 g/mol. The maximum absolute atomic E-state index is 5.75. The van der Waals surface area contributed by atoms with Crippen molar-refractivity contribution in [1.29, 1.82) is 0 Å². The van der Waals surface area contributed by atoms with E-state index in [0.29, 0.717) is 10.5 Å². The summed E-state index contributed by atoms with van der Waals surface area (Å²) in [5.41, 5.74) is 1.52. The normalized spacial score (nSPS) is 10.6. The Kier molecular flexibility index (Phi) is 1.39. The van der Waals surface area contributed by atoms with Crippen LogP contribution in [-0.2, 0) is 0 Å². The van der Waals surface area contributed by atoms with Gasteiger partial charge in [-0.3, -0.25) is 5.10 Å². The number of nitrogens with one attached hydrogen (secondary N) is 1. The summed E-state index contributed by atoms with van der Waals surface area (Å²) >= 11 is 5.75. The van der Waals surface area contributed by atoms with Gasteiger partial charge in [0.1, 0.15) is 7.85 Å². The van der Waals surface area contributed by atoms with Crippen LogP contribution in [-0.4, -0.2) is 18.0 Å². The first-order chi connectivity index (χ1) is 5.27. The molecule has 0 fully saturated rings. The summed E-state index contributed by atoms with van der Waals surface area (Å²) in [6.45, 7) is 0. The van der Waals surface area contributed by atoms with Crippen LogP contribution in [0.1, 0.15) is 0 Å². The Labute approximate surface area is 70.0 Å². The Hall–Kier alpha value is -0.955. The minimum absolute atomic E-state index is 0.624. The van der Waals surface area contributed by atoms with E-state index in [2.05, 4.69) is 10.2 Å². The fourth-order valence-electron chi connectivity index (χ4n) is 1.04. The summed E-state index contributed by atoms with van der Waals surface area (Å²) in [6.07, 6.45) is 1.68. The highest BCUT2D eigenvalue weighted by molar-refractivity contribution is 6.41. The minimum Gasteiger partial charge on any atom is -0.278 e. The van der Waals surface area contributed by atoms with Crippen molar-refractivity contribution in [2.45, 2.75) is 0 Å². The predicted molar refractivity (Wildman–Crippen MR) is 46.5 cm³/mol. The van der Waals surface area contributed by atoms with E-state index in [4.69, 9.17) is 19.4 Å². The molecule has 0 aliphatic heterocycles. The van der Waals surface area contributed by atoms with E-state index in [0.717, 1.165) is 10.9 Å². The molecule has 1 aromatic carbocycles. The van der Waals surface area contributed by atoms with Gasteiger partial charge in [0, 0.05) is 10.4 Å². The quantitative estimate of drug-likeness (QED) is 0.576. The number of aromatic nitrogens is 2. The molecule has 2 aromatic rings. The number of nitrogens with zero attached hydrogens (tertiary/aromatic N) is 1. The zero-order chi connectivity index (χ0) is 7.84. The monoisotopic (exact) mass is 162 g/mol. The Morgan fingerprint density at radius 2 is 2.27 bits per heavy atom. The molecule has 0 spiro atoms. The highest BCUT2D eigenvalue weighted by Crippen LogP contribution is 2.13. The zero-order valence-corrected chi connectivity index (χ0v) is 6.39. The van der Waals surface area contributed by atoms with Gasteiger partial charge in [-0.15, -0.1) is 0 Å². The van der Waals surface area contributed by atoms with Gasteiger partial charge in [0.15, 0.2) is 0 Å². The molecule has 52 valence electrons. The van der Waals surface area contributed by atoms with Crippen LogP contribution in [0, 0.1) is 0 Å². The number of hydrogen-bond donors (Lipinski definition) is 1. The molecule has 1 aromatic heterocycles. The zero-order valence-electron chi connectivity index (χ0n) is 5.63. The van der Waals surface area contributed by atoms with Crippen molar-refractivity contribution in [1.82, 2.24) is 10.2 Å². The van der Waals surface area contributed by atoms with Gasteiger partial charge in [0.2, 0.25) is 0 Å². The van der Waals surface area contributed by atoms with Crippen molar-refractivity contribution in [2.24, 2.45) is 0 Å². The molecule has 0 amide bonds. The predicted octanol–water partition coefficient (Wildman–Crippen LogP) is 1.01. The Balaban J connectivity index is 2.91. The van der Waals surface area contributed by atoms with Gasteiger partial charge in [0.05, 0.1) is 11.7 Å². The van der Waals surface area contributed by atoms with E-state index >= 15 is 0 Å². The lowest BCUT2D eigenvalue weighted by Crippen LogP contribution is -2.01. The third-order valence-corrected chi connectivity index (χ3v) is 1.77. The number of H-pyrrole nitrogens is 1. The molecule has 4 heteroatoms. The molecule has 0 atom stereocenters. The maximum Gasteiger partial charge on any atom is 0.114 e. The van der Waals surface area contributed by atoms with E-state index in [1.165, 1.54) is 0 Å². The van der Waals surface area contributed by atoms with Crippen LogP contribution >= 0.6 is 11.6 Å². The SMILES string of the molecule is [B]c1cc(Cl)cc2[nH]ncc12. The third-order valence-electron chi connectivity index (χ3n) is 1.56. The molecule has 0 bridgehead atoms. The summed E-state index contributed by atoms with van der Waals surface area (Å²) in [4.78, 5) is 0. The Morgan fingerprint density at radius 3 is 3.09 bits per heavy atom. The van der Waals surface area contributed by atoms with Gasteiger partial charge in [-0.2, -0.15) is 5.10 Å². The highest BCUT2D eigenvalue weighted by Gasteiger charge is 1.99. The lowest BCUT2D eigenvalue weighted by atomic mass is 9.93. The minimum atomic E-state index is 0.624. The van der Waals surface area contributed by atoms with E-state index in [1.807, 2.05) is 0 Å². The summed E-state index contributed by atoms with van der Waals surface area (Å²) in [6, 6.07) is 3.50. The van der Waals surface area contributed by atoms with Gasteiger partial charge in [-0.05, 0) is 12.1 Å². The van der Waals surface area contributed by atoms with Crippen LogP contribution in [0.4, 0.5) is 0 Å². The fourth-order valence-corrected chi connectivity index (χ4v) is 1.27. The van der Waals surface area contributed by atoms with E-state index in [9.17, 15) is 0 Å². The number of fused-ring (bicyclic) bond motifs is 1. The van der Waals surface area contributed by atoms with E-state index in [1.54, 1.807) is 18.3 Å². The average Bonchev–Trinajstić information content (AvgIpc) is 2.34. The summed E-state index contributed by atoms with van der Waals surface area (Å²) in [5, 5.41) is 8.16. The van der Waals surface area contributed by atoms with Gasteiger partial charge in [-0.25, -0.2) is 0 Å². The molecule has 2 radical (unpaired) electrons. The van der Waals surface area contributed by atoms with Crippen molar-refractivity contribution in [3.05, 3.63) is 23.4 Å². The van der Waals surface area contributed by atoms with Gasteiger partial charge in [-0.1, -0.05) is 17.1 Å². The third kappa shape index (κ3) is 1.01. The molecule has 0 aliphatic rings. The van der Waals surface area contributed by atoms with Gasteiger partial charge in [0.25, 0.3) is 0 Å². The molecular weight excluding hydrogens is 158 g/mol. The van der Waals surface area contributed by atoms with Crippen molar-refractivity contribution in [2.75, 3.05) is 0 Å². The molecule has 1 heterocycles. The molecule has 11 heavy (non-hydrogen) atoms. The van der Waals surface area contributed by atoms with Crippen LogP contribution in [0.3, 0.4) is 0 Å². The molecule has 1 N–H and O–H groups in total. The number of aromatic amines is 1. The topological polar surface area (TPSA) is 28.7 Å². The van der Waals surface area contributed by atoms with Crippen molar-refractivity contribution in [3.8, 4) is 0 Å². The lowest BCUT2D eigenvalue weighted by molar-refractivity contribution is 1.12. The summed E-state index contributed by atoms with van der Waals surface area (Å²) in [5.74, 6) is 0. The standard InChI is InChI=1S/C7H4BClN2/c8-6-1-4(9)2-7-5(6)3-10-11-7/h1-3H,(H,10,11). The number of benzene rings is 1. The second kappa shape index (κ2) is 2.27. The van der Waals surface area contributed by atoms with Crippen molar-refractivity contribution in [3.63, 3.8) is 0 Å². The molecule has 0 aliphatic carbocycles. The first-order valence-electron chi connectivity index (χ1n) is 3.15. The van der Waals surface area contributed by atoms with Crippen molar-refractivity contribution >= 4 is 35.8 Å². The molecule has 2 rings (SSSR count). The second-order valence-electron chi connectivity index (χ2n) is 2.33. The van der Waals surface area contributed by atoms with Crippen LogP contribution in [0.2, 0.25) is 5.02 Å². The number of rotatable bonds is 0. The van der Waals surface area contributed by atoms with Gasteiger partial charge >= 0.3 is 0 Å². The molecule has 0 saturated carbocycles. The molecule has 0 unspecified atom stereocenters. The second-order valence-corrected chi connectivity index (χ2v) is 2.76. The molecule has 0 saturated heterocycles. The first-order valence-corrected chi connectivity index (χ1v) is 3.53. The van der Waals surface area contributed by atoms with Crippen LogP contribution in [0.15, 0.2) is 18.3 Å². The highest BCUT2D eigenvalue weighted by atomic mass is 35.5. The fraction of sp³-hybridized carbons (Fsp3) is 0. The number of hydrogen-bond acceptors (Lipinski definition) is 1. The Bertz CT molecular complexity index is 396.